The first-order valence-electron chi connectivity index (χ1n) is 6.83. The van der Waals surface area contributed by atoms with Crippen LogP contribution in [0.25, 0.3) is 0 Å². The second kappa shape index (κ2) is 7.09. The van der Waals surface area contributed by atoms with Gasteiger partial charge in [0.2, 0.25) is 0 Å². The lowest BCUT2D eigenvalue weighted by atomic mass is 9.89. The van der Waals surface area contributed by atoms with Crippen LogP contribution in [0, 0.1) is 16.0 Å². The maximum Gasteiger partial charge on any atom is 0.282 e. The Bertz CT molecular complexity index is 551. The summed E-state index contributed by atoms with van der Waals surface area (Å²) in [6, 6.07) is 3.96. The summed E-state index contributed by atoms with van der Waals surface area (Å²) in [6.45, 7) is 0.478. The average Bonchev–Trinajstić information content (AvgIpc) is 2.44. The molecule has 1 aromatic carbocycles. The van der Waals surface area contributed by atoms with E-state index in [2.05, 4.69) is 5.32 Å². The van der Waals surface area contributed by atoms with Crippen LogP contribution in [0.3, 0.4) is 0 Å². The molecule has 0 radical (unpaired) electrons. The summed E-state index contributed by atoms with van der Waals surface area (Å²) >= 11 is 11.9. The third-order valence-corrected chi connectivity index (χ3v) is 4.30. The number of hydrogen-bond acceptors (Lipinski definition) is 3. The Morgan fingerprint density at radius 1 is 1.43 bits per heavy atom. The summed E-state index contributed by atoms with van der Waals surface area (Å²) in [6.07, 6.45) is 3.93. The van der Waals surface area contributed by atoms with Crippen LogP contribution in [0.1, 0.15) is 36.0 Å². The predicted molar refractivity (Wildman–Crippen MR) is 82.0 cm³/mol. The molecule has 1 saturated carbocycles. The molecule has 0 heterocycles. The topological polar surface area (TPSA) is 72.2 Å². The smallest absolute Gasteiger partial charge is 0.282 e. The molecule has 1 aliphatic carbocycles. The molecule has 21 heavy (non-hydrogen) atoms. The fourth-order valence-corrected chi connectivity index (χ4v) is 3.17. The second-order valence-corrected chi connectivity index (χ2v) is 6.31. The van der Waals surface area contributed by atoms with E-state index in [9.17, 15) is 14.9 Å². The summed E-state index contributed by atoms with van der Waals surface area (Å²) in [5.74, 6) is -0.149. The third kappa shape index (κ3) is 4.32. The Labute approximate surface area is 132 Å². The predicted octanol–water partition coefficient (Wildman–Crippen LogP) is 3.78. The molecule has 2 unspecified atom stereocenters. The monoisotopic (exact) mass is 330 g/mol. The van der Waals surface area contributed by atoms with E-state index in [1.807, 2.05) is 0 Å². The number of nitrogens with one attached hydrogen (secondary N) is 1. The number of alkyl halides is 1. The Morgan fingerprint density at radius 3 is 2.86 bits per heavy atom. The normalized spacial score (nSPS) is 21.8. The van der Waals surface area contributed by atoms with Crippen molar-refractivity contribution in [1.29, 1.82) is 0 Å². The van der Waals surface area contributed by atoms with E-state index in [0.717, 1.165) is 25.7 Å². The summed E-state index contributed by atoms with van der Waals surface area (Å²) in [5.41, 5.74) is -0.249. The number of benzene rings is 1. The van der Waals surface area contributed by atoms with Crippen molar-refractivity contribution in [1.82, 2.24) is 5.32 Å². The molecule has 1 aromatic rings. The van der Waals surface area contributed by atoms with Gasteiger partial charge in [-0.1, -0.05) is 18.0 Å². The van der Waals surface area contributed by atoms with E-state index in [1.165, 1.54) is 18.2 Å². The minimum atomic E-state index is -0.583. The van der Waals surface area contributed by atoms with Crippen molar-refractivity contribution >= 4 is 34.8 Å². The number of nitro groups is 1. The number of carbonyl (C=O) groups excluding carboxylic acids is 1. The minimum Gasteiger partial charge on any atom is -0.352 e. The Morgan fingerprint density at radius 2 is 2.19 bits per heavy atom. The molecule has 0 saturated heterocycles. The molecular formula is C14H16Cl2N2O3. The molecule has 0 bridgehead atoms. The van der Waals surface area contributed by atoms with E-state index in [-0.39, 0.29) is 16.6 Å². The van der Waals surface area contributed by atoms with Crippen LogP contribution in [0.5, 0.6) is 0 Å². The molecule has 1 N–H and O–H groups in total. The van der Waals surface area contributed by atoms with Crippen molar-refractivity contribution in [3.8, 4) is 0 Å². The van der Waals surface area contributed by atoms with Gasteiger partial charge in [-0.05, 0) is 37.3 Å². The summed E-state index contributed by atoms with van der Waals surface area (Å²) in [4.78, 5) is 22.5. The lowest BCUT2D eigenvalue weighted by molar-refractivity contribution is -0.385. The molecule has 5 nitrogen and oxygen atoms in total. The van der Waals surface area contributed by atoms with E-state index >= 15 is 0 Å². The van der Waals surface area contributed by atoms with Crippen LogP contribution in [0.4, 0.5) is 5.69 Å². The van der Waals surface area contributed by atoms with Gasteiger partial charge in [0.25, 0.3) is 11.6 Å². The first-order chi connectivity index (χ1) is 9.97. The number of nitro benzene ring substituents is 1. The van der Waals surface area contributed by atoms with Crippen molar-refractivity contribution < 1.29 is 9.72 Å². The lowest BCUT2D eigenvalue weighted by Gasteiger charge is -2.25. The molecule has 0 aliphatic heterocycles. The van der Waals surface area contributed by atoms with Crippen molar-refractivity contribution in [2.75, 3.05) is 6.54 Å². The van der Waals surface area contributed by atoms with Crippen molar-refractivity contribution in [3.63, 3.8) is 0 Å². The van der Waals surface area contributed by atoms with Gasteiger partial charge in [-0.2, -0.15) is 0 Å². The van der Waals surface area contributed by atoms with Crippen LogP contribution < -0.4 is 5.32 Å². The van der Waals surface area contributed by atoms with Gasteiger partial charge in [-0.15, -0.1) is 11.6 Å². The highest BCUT2D eigenvalue weighted by atomic mass is 35.5. The van der Waals surface area contributed by atoms with Crippen molar-refractivity contribution in [2.45, 2.75) is 31.1 Å². The maximum absolute atomic E-state index is 12.1. The second-order valence-electron chi connectivity index (χ2n) is 5.26. The van der Waals surface area contributed by atoms with E-state index in [1.54, 1.807) is 0 Å². The summed E-state index contributed by atoms with van der Waals surface area (Å²) in [5, 5.41) is 14.2. The molecule has 0 spiro atoms. The minimum absolute atomic E-state index is 0.00858. The van der Waals surface area contributed by atoms with Crippen molar-refractivity contribution in [2.24, 2.45) is 5.92 Å². The molecule has 0 aromatic heterocycles. The molecule has 2 atom stereocenters. The maximum atomic E-state index is 12.1. The van der Waals surface area contributed by atoms with Gasteiger partial charge >= 0.3 is 0 Å². The highest BCUT2D eigenvalue weighted by molar-refractivity contribution is 6.31. The SMILES string of the molecule is O=C(NCC1CCCC(Cl)C1)c1cc(Cl)ccc1[N+](=O)[O-]. The molecule has 1 aliphatic rings. The third-order valence-electron chi connectivity index (χ3n) is 3.67. The fraction of sp³-hybridized carbons (Fsp3) is 0.500. The van der Waals surface area contributed by atoms with Gasteiger partial charge in [0, 0.05) is 23.0 Å². The van der Waals surface area contributed by atoms with Gasteiger partial charge in [0.15, 0.2) is 0 Å². The number of hydrogen-bond donors (Lipinski definition) is 1. The number of halogens is 2. The van der Waals surface area contributed by atoms with Crippen LogP contribution >= 0.6 is 23.2 Å². The van der Waals surface area contributed by atoms with E-state index in [4.69, 9.17) is 23.2 Å². The average molecular weight is 331 g/mol. The molecule has 1 fully saturated rings. The number of rotatable bonds is 4. The van der Waals surface area contributed by atoms with Crippen LogP contribution in [-0.4, -0.2) is 22.8 Å². The largest absolute Gasteiger partial charge is 0.352 e. The summed E-state index contributed by atoms with van der Waals surface area (Å²) in [7, 11) is 0. The van der Waals surface area contributed by atoms with Gasteiger partial charge in [-0.3, -0.25) is 14.9 Å². The standard InChI is InChI=1S/C14H16Cl2N2O3/c15-10-3-1-2-9(6-10)8-17-14(19)12-7-11(16)4-5-13(12)18(20)21/h4-5,7,9-10H,1-3,6,8H2,(H,17,19). The van der Waals surface area contributed by atoms with Gasteiger partial charge in [0.05, 0.1) is 4.92 Å². The molecule has 7 heteroatoms. The zero-order chi connectivity index (χ0) is 15.4. The van der Waals surface area contributed by atoms with E-state index < -0.39 is 10.8 Å². The zero-order valence-electron chi connectivity index (χ0n) is 11.4. The zero-order valence-corrected chi connectivity index (χ0v) is 12.9. The lowest BCUT2D eigenvalue weighted by Crippen LogP contribution is -2.32. The van der Waals surface area contributed by atoms with E-state index in [0.29, 0.717) is 17.5 Å². The van der Waals surface area contributed by atoms with Gasteiger partial charge in [-0.25, -0.2) is 0 Å². The number of amides is 1. The summed E-state index contributed by atoms with van der Waals surface area (Å²) < 4.78 is 0. The Balaban J connectivity index is 2.03. The molecule has 1 amide bonds. The highest BCUT2D eigenvalue weighted by Gasteiger charge is 2.23. The first kappa shape index (κ1) is 16.0. The van der Waals surface area contributed by atoms with Crippen LogP contribution in [0.2, 0.25) is 5.02 Å². The quantitative estimate of drug-likeness (QED) is 0.518. The number of carbonyl (C=O) groups is 1. The Kier molecular flexibility index (Phi) is 5.42. The highest BCUT2D eigenvalue weighted by Crippen LogP contribution is 2.27. The fourth-order valence-electron chi connectivity index (χ4n) is 2.59. The van der Waals surface area contributed by atoms with Crippen LogP contribution in [-0.2, 0) is 0 Å². The van der Waals surface area contributed by atoms with Crippen molar-refractivity contribution in [3.05, 3.63) is 38.9 Å². The Hall–Kier alpha value is -1.33. The molecule has 2 rings (SSSR count). The number of nitrogens with zero attached hydrogens (tertiary/aromatic N) is 1. The molecule has 114 valence electrons. The first-order valence-corrected chi connectivity index (χ1v) is 7.65. The van der Waals surface area contributed by atoms with Gasteiger partial charge < -0.3 is 5.32 Å². The molecular weight excluding hydrogens is 315 g/mol. The van der Waals surface area contributed by atoms with Crippen LogP contribution in [0.15, 0.2) is 18.2 Å². The van der Waals surface area contributed by atoms with Gasteiger partial charge in [0.1, 0.15) is 5.56 Å².